The maximum atomic E-state index is 10.2. The van der Waals surface area contributed by atoms with Crippen molar-refractivity contribution in [1.29, 1.82) is 0 Å². The highest BCUT2D eigenvalue weighted by Crippen LogP contribution is 2.08. The monoisotopic (exact) mass is 378 g/mol. The summed E-state index contributed by atoms with van der Waals surface area (Å²) in [6.45, 7) is 0.681. The van der Waals surface area contributed by atoms with Gasteiger partial charge in [0.1, 0.15) is 12.2 Å². The number of rotatable bonds is 13. The number of carbonyl (C=O) groups is 3. The minimum Gasteiger partial charge on any atom is -0.481 e. The zero-order valence-corrected chi connectivity index (χ0v) is 15.0. The van der Waals surface area contributed by atoms with Crippen LogP contribution in [-0.2, 0) is 14.4 Å². The highest BCUT2D eigenvalue weighted by Gasteiger charge is 2.13. The molecule has 0 amide bonds. The van der Waals surface area contributed by atoms with E-state index >= 15 is 0 Å². The summed E-state index contributed by atoms with van der Waals surface area (Å²) in [4.78, 5) is 30.5. The third kappa shape index (κ3) is 18.4. The van der Waals surface area contributed by atoms with Crippen LogP contribution in [-0.4, -0.2) is 67.4 Å². The summed E-state index contributed by atoms with van der Waals surface area (Å²) in [7, 11) is 0. The Hall–Kier alpha value is -1.97. The predicted octanol–water partition coefficient (Wildman–Crippen LogP) is 1.01. The zero-order valence-electron chi connectivity index (χ0n) is 15.0. The number of carboxylic acids is 3. The molecule has 152 valence electrons. The molecule has 2 atom stereocenters. The molecule has 0 fully saturated rings. The van der Waals surface area contributed by atoms with E-state index in [-0.39, 0.29) is 18.4 Å². The lowest BCUT2D eigenvalue weighted by Crippen LogP contribution is -2.28. The molecule has 26 heavy (non-hydrogen) atoms. The van der Waals surface area contributed by atoms with Gasteiger partial charge in [0.25, 0.3) is 0 Å². The summed E-state index contributed by atoms with van der Waals surface area (Å²) in [6.07, 6.45) is 4.12. The van der Waals surface area contributed by atoms with Gasteiger partial charge in [-0.3, -0.25) is 9.59 Å². The molecule has 0 aliphatic heterocycles. The first kappa shape index (κ1) is 26.3. The Morgan fingerprint density at radius 3 is 1.50 bits per heavy atom. The van der Waals surface area contributed by atoms with Crippen LogP contribution in [0.25, 0.3) is 0 Å². The number of aliphatic hydroxyl groups is 3. The fourth-order valence-corrected chi connectivity index (χ4v) is 1.81. The molecule has 6 N–H and O–H groups in total. The summed E-state index contributed by atoms with van der Waals surface area (Å²) in [6, 6.07) is 0. The molecular formula is C17H30O9. The van der Waals surface area contributed by atoms with Gasteiger partial charge in [-0.25, -0.2) is 4.79 Å². The predicted molar refractivity (Wildman–Crippen MR) is 92.7 cm³/mol. The molecule has 0 radical (unpaired) electrons. The molecule has 0 heterocycles. The lowest BCUT2D eigenvalue weighted by atomic mass is 10.1. The van der Waals surface area contributed by atoms with Gasteiger partial charge >= 0.3 is 17.9 Å². The zero-order chi connectivity index (χ0) is 20.5. The molecule has 0 aliphatic carbocycles. The fraction of sp³-hybridized carbons (Fsp3) is 0.706. The first-order chi connectivity index (χ1) is 12.1. The molecule has 9 heteroatoms. The van der Waals surface area contributed by atoms with Gasteiger partial charge < -0.3 is 30.6 Å². The van der Waals surface area contributed by atoms with Crippen molar-refractivity contribution in [2.24, 2.45) is 0 Å². The summed E-state index contributed by atoms with van der Waals surface area (Å²) in [5.41, 5.74) is -0.0741. The first-order valence-electron chi connectivity index (χ1n) is 8.44. The molecule has 0 aromatic rings. The van der Waals surface area contributed by atoms with Crippen LogP contribution in [0, 0.1) is 0 Å². The van der Waals surface area contributed by atoms with Crippen LogP contribution in [0.3, 0.4) is 0 Å². The quantitative estimate of drug-likeness (QED) is 0.202. The average Bonchev–Trinajstić information content (AvgIpc) is 2.56. The molecule has 0 saturated heterocycles. The van der Waals surface area contributed by atoms with Gasteiger partial charge in [0.2, 0.25) is 0 Å². The third-order valence-electron chi connectivity index (χ3n) is 3.37. The Kier molecular flexibility index (Phi) is 16.7. The number of carboxylic acid groups (broad SMARTS) is 3. The third-order valence-corrected chi connectivity index (χ3v) is 3.37. The van der Waals surface area contributed by atoms with Crippen molar-refractivity contribution >= 4 is 17.9 Å². The average molecular weight is 378 g/mol. The van der Waals surface area contributed by atoms with Crippen molar-refractivity contribution in [1.82, 2.24) is 0 Å². The first-order valence-corrected chi connectivity index (χ1v) is 8.44. The highest BCUT2D eigenvalue weighted by atomic mass is 16.4. The van der Waals surface area contributed by atoms with E-state index in [1.807, 2.05) is 0 Å². The van der Waals surface area contributed by atoms with Crippen LogP contribution < -0.4 is 0 Å². The van der Waals surface area contributed by atoms with Crippen LogP contribution in [0.5, 0.6) is 0 Å². The molecule has 0 aromatic heterocycles. The Bertz CT molecular complexity index is 426. The molecule has 0 rings (SSSR count). The van der Waals surface area contributed by atoms with Crippen molar-refractivity contribution < 1.29 is 45.0 Å². The maximum absolute atomic E-state index is 10.2. The minimum atomic E-state index is -1.34. The maximum Gasteiger partial charge on any atom is 0.331 e. The van der Waals surface area contributed by atoms with E-state index in [0.717, 1.165) is 44.6 Å². The molecule has 0 saturated carbocycles. The van der Waals surface area contributed by atoms with Gasteiger partial charge in [-0.1, -0.05) is 25.7 Å². The lowest BCUT2D eigenvalue weighted by molar-refractivity contribution is -0.138. The van der Waals surface area contributed by atoms with Crippen LogP contribution in [0.1, 0.15) is 58.3 Å². The molecule has 0 bridgehead atoms. The van der Waals surface area contributed by atoms with Crippen LogP contribution >= 0.6 is 0 Å². The van der Waals surface area contributed by atoms with Gasteiger partial charge in [-0.2, -0.15) is 0 Å². The molecule has 9 nitrogen and oxygen atoms in total. The largest absolute Gasteiger partial charge is 0.481 e. The van der Waals surface area contributed by atoms with Crippen LogP contribution in [0.2, 0.25) is 0 Å². The van der Waals surface area contributed by atoms with E-state index in [9.17, 15) is 14.4 Å². The number of hydrogen-bond donors (Lipinski definition) is 6. The molecule has 0 aliphatic rings. The van der Waals surface area contributed by atoms with Crippen LogP contribution in [0.4, 0.5) is 0 Å². The highest BCUT2D eigenvalue weighted by molar-refractivity contribution is 5.85. The van der Waals surface area contributed by atoms with Crippen molar-refractivity contribution in [3.8, 4) is 0 Å². The van der Waals surface area contributed by atoms with Gasteiger partial charge in [0.15, 0.2) is 0 Å². The van der Waals surface area contributed by atoms with Gasteiger partial charge in [0.05, 0.1) is 6.61 Å². The Morgan fingerprint density at radius 2 is 1.19 bits per heavy atom. The van der Waals surface area contributed by atoms with Gasteiger partial charge in [0, 0.05) is 18.4 Å². The van der Waals surface area contributed by atoms with Crippen molar-refractivity contribution in [3.05, 3.63) is 11.6 Å². The van der Waals surface area contributed by atoms with Crippen molar-refractivity contribution in [2.45, 2.75) is 70.5 Å². The SMILES string of the molecule is CC(=CC(O)C(O)CO)C(=O)O.O=C(O)CCCCCCCCC(=O)O. The Morgan fingerprint density at radius 1 is 0.808 bits per heavy atom. The van der Waals surface area contributed by atoms with Crippen molar-refractivity contribution in [2.75, 3.05) is 6.61 Å². The number of unbranched alkanes of at least 4 members (excludes halogenated alkanes) is 5. The standard InChI is InChI=1S/C10H18O4.C7H12O5/c11-9(12)7-5-3-1-2-4-6-8-10(13)14;1-4(7(11)12)2-5(9)6(10)3-8/h1-8H2,(H,11,12)(H,13,14);2,5-6,8-10H,3H2,1H3,(H,11,12). The van der Waals surface area contributed by atoms with Gasteiger partial charge in [-0.15, -0.1) is 0 Å². The second-order valence-corrected chi connectivity index (χ2v) is 5.80. The second-order valence-electron chi connectivity index (χ2n) is 5.80. The Balaban J connectivity index is 0. The molecule has 0 aromatic carbocycles. The van der Waals surface area contributed by atoms with Crippen molar-refractivity contribution in [3.63, 3.8) is 0 Å². The summed E-state index contributed by atoms with van der Waals surface area (Å²) < 4.78 is 0. The summed E-state index contributed by atoms with van der Waals surface area (Å²) >= 11 is 0. The smallest absolute Gasteiger partial charge is 0.331 e. The lowest BCUT2D eigenvalue weighted by Gasteiger charge is -2.11. The Labute approximate surface area is 152 Å². The number of aliphatic carboxylic acids is 3. The number of aliphatic hydroxyl groups excluding tert-OH is 3. The van der Waals surface area contributed by atoms with E-state index in [1.54, 1.807) is 0 Å². The number of hydrogen-bond acceptors (Lipinski definition) is 6. The minimum absolute atomic E-state index is 0.0741. The molecular weight excluding hydrogens is 348 g/mol. The second kappa shape index (κ2) is 16.5. The van der Waals surface area contributed by atoms with Gasteiger partial charge in [-0.05, 0) is 25.8 Å². The molecule has 2 unspecified atom stereocenters. The molecule has 0 spiro atoms. The van der Waals surface area contributed by atoms with E-state index in [0.29, 0.717) is 0 Å². The summed E-state index contributed by atoms with van der Waals surface area (Å²) in [5.74, 6) is -2.65. The van der Waals surface area contributed by atoms with E-state index < -0.39 is 36.7 Å². The normalized spacial score (nSPS) is 13.3. The van der Waals surface area contributed by atoms with E-state index in [1.165, 1.54) is 6.92 Å². The topological polar surface area (TPSA) is 173 Å². The summed E-state index contributed by atoms with van der Waals surface area (Å²) in [5, 5.41) is 51.2. The van der Waals surface area contributed by atoms with Crippen LogP contribution in [0.15, 0.2) is 11.6 Å². The van der Waals surface area contributed by atoms with E-state index in [4.69, 9.17) is 30.6 Å². The van der Waals surface area contributed by atoms with E-state index in [2.05, 4.69) is 0 Å². The fourth-order valence-electron chi connectivity index (χ4n) is 1.81.